The van der Waals surface area contributed by atoms with Crippen molar-refractivity contribution in [1.82, 2.24) is 5.32 Å². The maximum absolute atomic E-state index is 5.91. The molecular formula is C13H27NO2. The maximum atomic E-state index is 5.91. The Morgan fingerprint density at radius 1 is 1.44 bits per heavy atom. The van der Waals surface area contributed by atoms with Gasteiger partial charge in [-0.2, -0.15) is 0 Å². The van der Waals surface area contributed by atoms with Crippen molar-refractivity contribution in [1.29, 1.82) is 0 Å². The molecule has 0 aliphatic carbocycles. The standard InChI is InChI=1S/C13H27NO2/c1-10-6-7-12(16-10)11(14-4)8-9-13(2,3)15-5/h10-12,14H,6-9H2,1-5H3. The van der Waals surface area contributed by atoms with Crippen LogP contribution in [0.4, 0.5) is 0 Å². The average Bonchev–Trinajstić information content (AvgIpc) is 2.66. The average molecular weight is 229 g/mol. The Balaban J connectivity index is 2.37. The Hall–Kier alpha value is -0.120. The van der Waals surface area contributed by atoms with Crippen LogP contribution in [0.5, 0.6) is 0 Å². The van der Waals surface area contributed by atoms with E-state index < -0.39 is 0 Å². The highest BCUT2D eigenvalue weighted by Gasteiger charge is 2.30. The molecule has 0 aromatic heterocycles. The number of hydrogen-bond donors (Lipinski definition) is 1. The van der Waals surface area contributed by atoms with Crippen molar-refractivity contribution in [3.05, 3.63) is 0 Å². The number of likely N-dealkylation sites (N-methyl/N-ethyl adjacent to an activating group) is 1. The number of methoxy groups -OCH3 is 1. The van der Waals surface area contributed by atoms with Crippen LogP contribution in [0.1, 0.15) is 46.5 Å². The van der Waals surface area contributed by atoms with Crippen LogP contribution in [0.2, 0.25) is 0 Å². The van der Waals surface area contributed by atoms with Gasteiger partial charge in [0.2, 0.25) is 0 Å². The zero-order chi connectivity index (χ0) is 12.2. The van der Waals surface area contributed by atoms with E-state index in [9.17, 15) is 0 Å². The summed E-state index contributed by atoms with van der Waals surface area (Å²) in [5, 5.41) is 3.38. The number of nitrogens with one attached hydrogen (secondary N) is 1. The van der Waals surface area contributed by atoms with Crippen molar-refractivity contribution in [3.8, 4) is 0 Å². The fourth-order valence-corrected chi connectivity index (χ4v) is 2.25. The van der Waals surface area contributed by atoms with Gasteiger partial charge in [-0.3, -0.25) is 0 Å². The predicted molar refractivity (Wildman–Crippen MR) is 66.7 cm³/mol. The third kappa shape index (κ3) is 4.04. The molecule has 1 heterocycles. The molecular weight excluding hydrogens is 202 g/mol. The highest BCUT2D eigenvalue weighted by atomic mass is 16.5. The molecule has 1 fully saturated rings. The molecule has 1 N–H and O–H groups in total. The topological polar surface area (TPSA) is 30.5 Å². The molecule has 96 valence electrons. The SMILES string of the molecule is CNC(CCC(C)(C)OC)C1CCC(C)O1. The Bertz CT molecular complexity index is 206. The van der Waals surface area contributed by atoms with Crippen LogP contribution >= 0.6 is 0 Å². The van der Waals surface area contributed by atoms with Crippen LogP contribution in [0.15, 0.2) is 0 Å². The second-order valence-corrected chi connectivity index (χ2v) is 5.46. The molecule has 0 spiro atoms. The Morgan fingerprint density at radius 3 is 2.56 bits per heavy atom. The van der Waals surface area contributed by atoms with Gasteiger partial charge in [0.25, 0.3) is 0 Å². The second kappa shape index (κ2) is 5.99. The van der Waals surface area contributed by atoms with Crippen LogP contribution in [0.3, 0.4) is 0 Å². The number of hydrogen-bond acceptors (Lipinski definition) is 3. The molecule has 16 heavy (non-hydrogen) atoms. The second-order valence-electron chi connectivity index (χ2n) is 5.46. The van der Waals surface area contributed by atoms with Gasteiger partial charge < -0.3 is 14.8 Å². The summed E-state index contributed by atoms with van der Waals surface area (Å²) in [5.74, 6) is 0. The molecule has 1 aliphatic rings. The van der Waals surface area contributed by atoms with Crippen molar-refractivity contribution in [2.45, 2.75) is 70.3 Å². The molecule has 0 aromatic rings. The zero-order valence-electron chi connectivity index (χ0n) is 11.4. The van der Waals surface area contributed by atoms with Crippen LogP contribution in [0, 0.1) is 0 Å². The van der Waals surface area contributed by atoms with E-state index in [1.54, 1.807) is 7.11 Å². The molecule has 3 heteroatoms. The summed E-state index contributed by atoms with van der Waals surface area (Å²) < 4.78 is 11.4. The summed E-state index contributed by atoms with van der Waals surface area (Å²) in [5.41, 5.74) is -0.0285. The molecule has 3 atom stereocenters. The molecule has 1 saturated heterocycles. The van der Waals surface area contributed by atoms with Gasteiger partial charge in [-0.15, -0.1) is 0 Å². The van der Waals surface area contributed by atoms with Gasteiger partial charge in [0, 0.05) is 13.2 Å². The first-order valence-corrected chi connectivity index (χ1v) is 6.36. The first-order chi connectivity index (χ1) is 7.48. The lowest BCUT2D eigenvalue weighted by Crippen LogP contribution is -2.39. The first kappa shape index (κ1) is 13.9. The largest absolute Gasteiger partial charge is 0.379 e. The van der Waals surface area contributed by atoms with E-state index in [1.807, 2.05) is 7.05 Å². The summed E-state index contributed by atoms with van der Waals surface area (Å²) in [4.78, 5) is 0. The molecule has 3 nitrogen and oxygen atoms in total. The van der Waals surface area contributed by atoms with E-state index in [4.69, 9.17) is 9.47 Å². The highest BCUT2D eigenvalue weighted by molar-refractivity contribution is 4.84. The van der Waals surface area contributed by atoms with Gasteiger partial charge in [-0.1, -0.05) is 0 Å². The minimum Gasteiger partial charge on any atom is -0.379 e. The Kier molecular flexibility index (Phi) is 5.22. The number of ether oxygens (including phenoxy) is 2. The summed E-state index contributed by atoms with van der Waals surface area (Å²) in [6.45, 7) is 6.43. The number of rotatable bonds is 6. The van der Waals surface area contributed by atoms with Gasteiger partial charge in [0.1, 0.15) is 0 Å². The van der Waals surface area contributed by atoms with E-state index in [1.165, 1.54) is 12.8 Å². The van der Waals surface area contributed by atoms with Crippen molar-refractivity contribution in [3.63, 3.8) is 0 Å². The Morgan fingerprint density at radius 2 is 2.12 bits per heavy atom. The predicted octanol–water partition coefficient (Wildman–Crippen LogP) is 2.35. The van der Waals surface area contributed by atoms with Gasteiger partial charge in [0.05, 0.1) is 17.8 Å². The molecule has 1 aliphatic heterocycles. The minimum atomic E-state index is -0.0285. The van der Waals surface area contributed by atoms with Crippen molar-refractivity contribution in [2.24, 2.45) is 0 Å². The quantitative estimate of drug-likeness (QED) is 0.758. The van der Waals surface area contributed by atoms with Gasteiger partial charge in [0.15, 0.2) is 0 Å². The molecule has 3 unspecified atom stereocenters. The van der Waals surface area contributed by atoms with E-state index in [2.05, 4.69) is 26.1 Å². The summed E-state index contributed by atoms with van der Waals surface area (Å²) in [6, 6.07) is 0.458. The molecule has 0 amide bonds. The monoisotopic (exact) mass is 229 g/mol. The van der Waals surface area contributed by atoms with Gasteiger partial charge in [-0.05, 0) is 53.5 Å². The van der Waals surface area contributed by atoms with E-state index in [0.29, 0.717) is 18.2 Å². The van der Waals surface area contributed by atoms with Gasteiger partial charge >= 0.3 is 0 Å². The zero-order valence-corrected chi connectivity index (χ0v) is 11.4. The van der Waals surface area contributed by atoms with Crippen LogP contribution in [0.25, 0.3) is 0 Å². The van der Waals surface area contributed by atoms with E-state index in [0.717, 1.165) is 12.8 Å². The minimum absolute atomic E-state index is 0.0285. The lowest BCUT2D eigenvalue weighted by molar-refractivity contribution is -0.00237. The molecule has 0 saturated carbocycles. The van der Waals surface area contributed by atoms with E-state index >= 15 is 0 Å². The third-order valence-electron chi connectivity index (χ3n) is 3.69. The van der Waals surface area contributed by atoms with Crippen LogP contribution < -0.4 is 5.32 Å². The fourth-order valence-electron chi connectivity index (χ4n) is 2.25. The third-order valence-corrected chi connectivity index (χ3v) is 3.69. The lowest BCUT2D eigenvalue weighted by Gasteiger charge is -2.28. The van der Waals surface area contributed by atoms with Crippen molar-refractivity contribution >= 4 is 0 Å². The first-order valence-electron chi connectivity index (χ1n) is 6.36. The molecule has 0 bridgehead atoms. The molecule has 0 aromatic carbocycles. The smallest absolute Gasteiger partial charge is 0.0732 e. The van der Waals surface area contributed by atoms with Crippen molar-refractivity contribution in [2.75, 3.05) is 14.2 Å². The van der Waals surface area contributed by atoms with E-state index in [-0.39, 0.29) is 5.60 Å². The maximum Gasteiger partial charge on any atom is 0.0732 e. The lowest BCUT2D eigenvalue weighted by atomic mass is 9.95. The highest BCUT2D eigenvalue weighted by Crippen LogP contribution is 2.25. The van der Waals surface area contributed by atoms with Crippen LogP contribution in [-0.2, 0) is 9.47 Å². The normalized spacial score (nSPS) is 28.3. The summed E-state index contributed by atoms with van der Waals surface area (Å²) in [7, 11) is 3.80. The van der Waals surface area contributed by atoms with Crippen LogP contribution in [-0.4, -0.2) is 38.0 Å². The Labute approximate surface area is 99.9 Å². The van der Waals surface area contributed by atoms with Crippen molar-refractivity contribution < 1.29 is 9.47 Å². The molecule has 1 rings (SSSR count). The summed E-state index contributed by atoms with van der Waals surface area (Å²) in [6.07, 6.45) is 5.35. The fraction of sp³-hybridized carbons (Fsp3) is 1.00. The summed E-state index contributed by atoms with van der Waals surface area (Å²) >= 11 is 0. The van der Waals surface area contributed by atoms with Gasteiger partial charge in [-0.25, -0.2) is 0 Å². The molecule has 0 radical (unpaired) electrons.